The Kier molecular flexibility index (Phi) is 9.95. The van der Waals surface area contributed by atoms with E-state index in [1.807, 2.05) is 0 Å². The van der Waals surface area contributed by atoms with Crippen LogP contribution in [0.15, 0.2) is 0 Å². The number of hydrogen-bond acceptors (Lipinski definition) is 5. The number of carbonyl (C=O) groups is 4. The van der Waals surface area contributed by atoms with E-state index in [9.17, 15) is 19.2 Å². The molecule has 0 radical (unpaired) electrons. The van der Waals surface area contributed by atoms with E-state index in [0.29, 0.717) is 19.3 Å². The van der Waals surface area contributed by atoms with Gasteiger partial charge in [-0.05, 0) is 19.3 Å². The highest BCUT2D eigenvalue weighted by molar-refractivity contribution is 5.85. The summed E-state index contributed by atoms with van der Waals surface area (Å²) in [5.74, 6) is -0.890. The zero-order chi connectivity index (χ0) is 21.1. The zero-order valence-corrected chi connectivity index (χ0v) is 16.5. The molecule has 0 atom stereocenters. The second-order valence-electron chi connectivity index (χ2n) is 7.82. The Morgan fingerprint density at radius 3 is 1.74 bits per heavy atom. The van der Waals surface area contributed by atoms with E-state index in [-0.39, 0.29) is 37.2 Å². The van der Waals surface area contributed by atoms with Gasteiger partial charge in [-0.3, -0.25) is 24.5 Å². The van der Waals surface area contributed by atoms with E-state index < -0.39 is 22.6 Å². The molecule has 0 saturated heterocycles. The molecular weight excluding hydrogens is 348 g/mol. The summed E-state index contributed by atoms with van der Waals surface area (Å²) in [5, 5.41) is 10.6. The zero-order valence-electron chi connectivity index (χ0n) is 16.5. The third-order valence-corrected chi connectivity index (χ3v) is 4.53. The number of carbonyl (C=O) groups excluding carboxylic acids is 4. The molecule has 0 fully saturated rings. The van der Waals surface area contributed by atoms with Crippen molar-refractivity contribution < 1.29 is 19.2 Å². The minimum Gasteiger partial charge on any atom is -0.300 e. The Morgan fingerprint density at radius 2 is 1.33 bits per heavy atom. The molecule has 8 heteroatoms. The number of Topliss-reactive ketones (excluding diaryl/α,β-unsaturated/α-hetero) is 2. The predicted molar refractivity (Wildman–Crippen MR) is 98.4 cm³/mol. The number of amides is 2. The molecule has 0 bridgehead atoms. The molecule has 0 spiro atoms. The molecule has 0 heterocycles. The third-order valence-electron chi connectivity index (χ3n) is 4.53. The maximum Gasteiger partial charge on any atom is 0.293 e. The molecule has 0 unspecified atom stereocenters. The molecule has 0 saturated carbocycles. The largest absolute Gasteiger partial charge is 0.300 e. The lowest BCUT2D eigenvalue weighted by Gasteiger charge is -2.21. The fourth-order valence-electron chi connectivity index (χ4n) is 2.29. The Labute approximate surface area is 160 Å². The first kappa shape index (κ1) is 24.3. The Morgan fingerprint density at radius 1 is 0.889 bits per heavy atom. The SMILES string of the molecule is [C-]#[N+]NC(=O)C(C)(C)CCC(=O)CCCC(=O)CCC(C)(C)C(=O)NC#N. The van der Waals surface area contributed by atoms with Gasteiger partial charge in [-0.15, -0.1) is 0 Å². The molecule has 148 valence electrons. The van der Waals surface area contributed by atoms with Crippen LogP contribution in [0.5, 0.6) is 0 Å². The average Bonchev–Trinajstić information content (AvgIpc) is 2.59. The minimum atomic E-state index is -0.807. The normalized spacial score (nSPS) is 11.0. The van der Waals surface area contributed by atoms with Crippen molar-refractivity contribution in [2.75, 3.05) is 0 Å². The van der Waals surface area contributed by atoms with Gasteiger partial charge in [0.1, 0.15) is 11.6 Å². The van der Waals surface area contributed by atoms with E-state index in [2.05, 4.69) is 15.7 Å². The van der Waals surface area contributed by atoms with Gasteiger partial charge in [0, 0.05) is 31.1 Å². The molecule has 2 amide bonds. The van der Waals surface area contributed by atoms with Gasteiger partial charge >= 0.3 is 0 Å². The van der Waals surface area contributed by atoms with Gasteiger partial charge in [0.05, 0.1) is 5.41 Å². The fraction of sp³-hybridized carbons (Fsp3) is 0.684. The van der Waals surface area contributed by atoms with Gasteiger partial charge in [-0.2, -0.15) is 16.8 Å². The summed E-state index contributed by atoms with van der Waals surface area (Å²) in [6.07, 6.45) is 3.61. The van der Waals surface area contributed by atoms with E-state index >= 15 is 0 Å². The van der Waals surface area contributed by atoms with E-state index in [1.54, 1.807) is 33.9 Å². The molecule has 8 nitrogen and oxygen atoms in total. The first-order valence-corrected chi connectivity index (χ1v) is 8.86. The van der Waals surface area contributed by atoms with Crippen molar-refractivity contribution >= 4 is 23.4 Å². The van der Waals surface area contributed by atoms with Gasteiger partial charge in [-0.25, -0.2) is 0 Å². The molecule has 0 aliphatic heterocycles. The van der Waals surface area contributed by atoms with Crippen LogP contribution >= 0.6 is 0 Å². The van der Waals surface area contributed by atoms with Crippen molar-refractivity contribution in [3.8, 4) is 6.19 Å². The molecular formula is C19H28N4O4. The molecule has 0 aromatic heterocycles. The number of nitriles is 1. The summed E-state index contributed by atoms with van der Waals surface area (Å²) in [7, 11) is 0. The van der Waals surface area contributed by atoms with Crippen LogP contribution in [-0.4, -0.2) is 23.4 Å². The monoisotopic (exact) mass is 376 g/mol. The quantitative estimate of drug-likeness (QED) is 0.235. The van der Waals surface area contributed by atoms with Gasteiger partial charge < -0.3 is 0 Å². The number of nitrogens with zero attached hydrogens (tertiary/aromatic N) is 2. The van der Waals surface area contributed by atoms with Crippen molar-refractivity contribution in [2.24, 2.45) is 10.8 Å². The van der Waals surface area contributed by atoms with Crippen LogP contribution in [0.3, 0.4) is 0 Å². The highest BCUT2D eigenvalue weighted by Crippen LogP contribution is 2.24. The second kappa shape index (κ2) is 11.1. The first-order valence-electron chi connectivity index (χ1n) is 8.86. The summed E-state index contributed by atoms with van der Waals surface area (Å²) in [4.78, 5) is 50.1. The second-order valence-corrected chi connectivity index (χ2v) is 7.82. The number of nitrogens with one attached hydrogen (secondary N) is 2. The standard InChI is InChI=1S/C19H28N4O4/c1-18(2,16(26)22-13-20)11-9-14(24)7-6-8-15(25)10-12-19(3,4)17(27)23-21-5/h6-12H2,1-4H3,(H,22,26)(H,23,27). The van der Waals surface area contributed by atoms with Gasteiger partial charge in [0.2, 0.25) is 5.91 Å². The number of hydrogen-bond donors (Lipinski definition) is 2. The highest BCUT2D eigenvalue weighted by atomic mass is 16.2. The molecule has 0 aliphatic rings. The summed E-state index contributed by atoms with van der Waals surface area (Å²) in [5.41, 5.74) is 0.453. The van der Waals surface area contributed by atoms with Crippen molar-refractivity contribution in [3.05, 3.63) is 11.5 Å². The van der Waals surface area contributed by atoms with Crippen molar-refractivity contribution in [3.63, 3.8) is 0 Å². The number of rotatable bonds is 12. The van der Waals surface area contributed by atoms with Crippen LogP contribution in [0.1, 0.15) is 72.6 Å². The predicted octanol–water partition coefficient (Wildman–Crippen LogP) is 2.46. The van der Waals surface area contributed by atoms with Gasteiger partial charge in [-0.1, -0.05) is 33.1 Å². The molecule has 0 rings (SSSR count). The molecule has 2 N–H and O–H groups in total. The lowest BCUT2D eigenvalue weighted by atomic mass is 9.85. The smallest absolute Gasteiger partial charge is 0.293 e. The maximum atomic E-state index is 11.9. The van der Waals surface area contributed by atoms with Crippen LogP contribution in [0.2, 0.25) is 0 Å². The number of ketones is 2. The summed E-state index contributed by atoms with van der Waals surface area (Å²) in [6.45, 7) is 13.3. The lowest BCUT2D eigenvalue weighted by Crippen LogP contribution is -2.34. The van der Waals surface area contributed by atoms with Crippen LogP contribution in [0.25, 0.3) is 4.95 Å². The van der Waals surface area contributed by atoms with E-state index in [1.165, 1.54) is 0 Å². The first-order chi connectivity index (χ1) is 12.5. The molecule has 0 aromatic rings. The Bertz CT molecular complexity index is 598. The van der Waals surface area contributed by atoms with Gasteiger partial charge in [0.25, 0.3) is 5.91 Å². The van der Waals surface area contributed by atoms with Crippen molar-refractivity contribution in [1.29, 1.82) is 5.26 Å². The molecule has 0 aromatic carbocycles. The minimum absolute atomic E-state index is 0.0276. The van der Waals surface area contributed by atoms with Gasteiger partial charge in [0.15, 0.2) is 6.19 Å². The average molecular weight is 376 g/mol. The summed E-state index contributed by atoms with van der Waals surface area (Å²) in [6, 6.07) is 0. The van der Waals surface area contributed by atoms with Crippen LogP contribution in [-0.2, 0) is 19.2 Å². The summed E-state index contributed by atoms with van der Waals surface area (Å²) >= 11 is 0. The topological polar surface area (TPSA) is 120 Å². The third kappa shape index (κ3) is 9.50. The van der Waals surface area contributed by atoms with Crippen molar-refractivity contribution in [1.82, 2.24) is 10.7 Å². The molecule has 27 heavy (non-hydrogen) atoms. The Balaban J connectivity index is 4.16. The lowest BCUT2D eigenvalue weighted by molar-refractivity contribution is -0.130. The van der Waals surface area contributed by atoms with Crippen LogP contribution in [0, 0.1) is 28.9 Å². The fourth-order valence-corrected chi connectivity index (χ4v) is 2.29. The van der Waals surface area contributed by atoms with Crippen molar-refractivity contribution in [2.45, 2.75) is 72.6 Å². The van der Waals surface area contributed by atoms with E-state index in [4.69, 9.17) is 11.8 Å². The highest BCUT2D eigenvalue weighted by Gasteiger charge is 2.30. The molecule has 0 aliphatic carbocycles. The van der Waals surface area contributed by atoms with E-state index in [0.717, 1.165) is 0 Å². The maximum absolute atomic E-state index is 11.9. The summed E-state index contributed by atoms with van der Waals surface area (Å²) < 4.78 is 0. The van der Waals surface area contributed by atoms with Crippen LogP contribution < -0.4 is 10.7 Å². The van der Waals surface area contributed by atoms with Crippen LogP contribution in [0.4, 0.5) is 0 Å². The Hall–Kier alpha value is -2.74.